The van der Waals surface area contributed by atoms with Crippen molar-refractivity contribution in [3.05, 3.63) is 136 Å². The van der Waals surface area contributed by atoms with E-state index in [1.807, 2.05) is 90.6 Å². The summed E-state index contributed by atoms with van der Waals surface area (Å²) in [5, 5.41) is 24.1. The highest BCUT2D eigenvalue weighted by molar-refractivity contribution is 7.99. The van der Waals surface area contributed by atoms with Crippen molar-refractivity contribution in [2.75, 3.05) is 72.7 Å². The third-order valence-corrected chi connectivity index (χ3v) is 12.7. The first-order chi connectivity index (χ1) is 33.6. The van der Waals surface area contributed by atoms with Gasteiger partial charge < -0.3 is 34.3 Å². The summed E-state index contributed by atoms with van der Waals surface area (Å²) in [5.74, 6) is 4.42. The average Bonchev–Trinajstić information content (AvgIpc) is 3.86. The zero-order chi connectivity index (χ0) is 48.3. The minimum absolute atomic E-state index is 0.0612. The molecule has 4 aromatic carbocycles. The average molecular weight is 976 g/mol. The van der Waals surface area contributed by atoms with E-state index >= 15 is 0 Å². The fourth-order valence-corrected chi connectivity index (χ4v) is 9.06. The predicted molar refractivity (Wildman–Crippen MR) is 264 cm³/mol. The molecule has 360 valence electrons. The second kappa shape index (κ2) is 23.2. The number of benzene rings is 4. The van der Waals surface area contributed by atoms with Crippen LogP contribution in [0.3, 0.4) is 0 Å². The van der Waals surface area contributed by atoms with Gasteiger partial charge in [-0.2, -0.15) is 0 Å². The normalized spacial score (nSPS) is 14.8. The summed E-state index contributed by atoms with van der Waals surface area (Å²) in [6, 6.07) is 26.2. The summed E-state index contributed by atoms with van der Waals surface area (Å²) < 4.78 is 32.4. The summed E-state index contributed by atoms with van der Waals surface area (Å²) in [6.45, 7) is 9.08. The molecule has 0 radical (unpaired) electrons. The molecule has 2 atom stereocenters. The fourth-order valence-electron chi connectivity index (χ4n) is 8.17. The van der Waals surface area contributed by atoms with Crippen LogP contribution in [0.2, 0.25) is 5.02 Å². The number of carbonyl (C=O) groups excluding carboxylic acids is 2. The van der Waals surface area contributed by atoms with Crippen LogP contribution in [0.25, 0.3) is 11.4 Å². The highest BCUT2D eigenvalue weighted by Gasteiger charge is 2.32. The second-order valence-electron chi connectivity index (χ2n) is 16.1. The van der Waals surface area contributed by atoms with Crippen LogP contribution in [0.1, 0.15) is 77.4 Å². The van der Waals surface area contributed by atoms with Gasteiger partial charge in [0.15, 0.2) is 11.6 Å². The predicted octanol–water partition coefficient (Wildman–Crippen LogP) is 6.79. The van der Waals surface area contributed by atoms with E-state index in [0.29, 0.717) is 98.3 Å². The minimum Gasteiger partial charge on any atom is -0.497 e. The number of aromatic nitrogens is 6. The monoisotopic (exact) mass is 974 g/mol. The van der Waals surface area contributed by atoms with Crippen molar-refractivity contribution >= 4 is 46.6 Å². The summed E-state index contributed by atoms with van der Waals surface area (Å²) in [6.07, 6.45) is 0.203. The number of amides is 2. The Labute approximate surface area is 410 Å². The number of nitrogens with one attached hydrogen (secondary N) is 2. The van der Waals surface area contributed by atoms with Gasteiger partial charge in [0.05, 0.1) is 89.5 Å². The third kappa shape index (κ3) is 11.7. The molecule has 0 fully saturated rings. The molecule has 0 saturated heterocycles. The number of aryl methyl sites for hydroxylation is 2. The number of methoxy groups -OCH3 is 2. The van der Waals surface area contributed by atoms with Gasteiger partial charge in [0, 0.05) is 51.0 Å². The van der Waals surface area contributed by atoms with Gasteiger partial charge in [-0.1, -0.05) is 35.9 Å². The van der Waals surface area contributed by atoms with E-state index in [-0.39, 0.29) is 24.7 Å². The number of aliphatic imine (C=N–C) groups is 2. The van der Waals surface area contributed by atoms with Crippen LogP contribution >= 0.6 is 23.4 Å². The summed E-state index contributed by atoms with van der Waals surface area (Å²) >= 11 is 7.93. The molecule has 8 rings (SSSR count). The molecule has 19 heteroatoms. The molecule has 2 amide bonds. The van der Waals surface area contributed by atoms with Crippen molar-refractivity contribution < 1.29 is 33.3 Å². The Morgan fingerprint density at radius 1 is 0.623 bits per heavy atom. The second-order valence-corrected chi connectivity index (χ2v) is 17.7. The molecule has 69 heavy (non-hydrogen) atoms. The number of halogens is 1. The van der Waals surface area contributed by atoms with Gasteiger partial charge in [-0.05, 0) is 81.4 Å². The number of rotatable bonds is 22. The molecule has 0 bridgehead atoms. The summed E-state index contributed by atoms with van der Waals surface area (Å²) in [4.78, 5) is 37.5. The molecule has 2 aromatic heterocycles. The van der Waals surface area contributed by atoms with E-state index < -0.39 is 12.1 Å². The Bertz CT molecular complexity index is 2810. The molecule has 2 aliphatic rings. The van der Waals surface area contributed by atoms with Gasteiger partial charge in [-0.3, -0.25) is 28.7 Å². The van der Waals surface area contributed by atoms with Crippen LogP contribution in [0.4, 0.5) is 0 Å². The Morgan fingerprint density at radius 3 is 1.61 bits per heavy atom. The van der Waals surface area contributed by atoms with Crippen LogP contribution in [0.5, 0.6) is 11.5 Å². The number of ether oxygens (including phenoxy) is 5. The number of nitrogens with zero attached hydrogens (tertiary/aromatic N) is 8. The fraction of sp³-hybridized carbons (Fsp3) is 0.360. The Hall–Kier alpha value is -6.44. The quantitative estimate of drug-likeness (QED) is 0.0536. The van der Waals surface area contributed by atoms with E-state index in [2.05, 4.69) is 55.3 Å². The van der Waals surface area contributed by atoms with Crippen LogP contribution in [0.15, 0.2) is 99.8 Å². The topological polar surface area (TPSA) is 190 Å². The molecule has 0 spiro atoms. The lowest BCUT2D eigenvalue weighted by atomic mass is 10.00. The van der Waals surface area contributed by atoms with Crippen molar-refractivity contribution in [1.82, 2.24) is 40.2 Å². The third-order valence-electron chi connectivity index (χ3n) is 11.5. The van der Waals surface area contributed by atoms with Crippen molar-refractivity contribution in [3.63, 3.8) is 0 Å². The highest BCUT2D eigenvalue weighted by atomic mass is 35.5. The van der Waals surface area contributed by atoms with E-state index in [0.717, 1.165) is 50.0 Å². The van der Waals surface area contributed by atoms with Gasteiger partial charge in [0.1, 0.15) is 35.2 Å². The van der Waals surface area contributed by atoms with E-state index in [1.54, 1.807) is 26.0 Å². The highest BCUT2D eigenvalue weighted by Crippen LogP contribution is 2.36. The maximum absolute atomic E-state index is 13.3. The Morgan fingerprint density at radius 2 is 1.10 bits per heavy atom. The van der Waals surface area contributed by atoms with Crippen LogP contribution < -0.4 is 20.1 Å². The lowest BCUT2D eigenvalue weighted by Gasteiger charge is -2.14. The zero-order valence-electron chi connectivity index (χ0n) is 39.2. The molecule has 6 aromatic rings. The zero-order valence-corrected chi connectivity index (χ0v) is 40.8. The molecule has 4 heterocycles. The lowest BCUT2D eigenvalue weighted by molar-refractivity contribution is -0.122. The van der Waals surface area contributed by atoms with Crippen LogP contribution in [0, 0.1) is 13.8 Å². The molecule has 0 aliphatic carbocycles. The van der Waals surface area contributed by atoms with Gasteiger partial charge >= 0.3 is 0 Å². The first-order valence-corrected chi connectivity index (χ1v) is 24.1. The van der Waals surface area contributed by atoms with Gasteiger partial charge in [0.2, 0.25) is 11.8 Å². The van der Waals surface area contributed by atoms with Crippen molar-refractivity contribution in [2.24, 2.45) is 9.98 Å². The van der Waals surface area contributed by atoms with E-state index in [4.69, 9.17) is 45.3 Å². The smallest absolute Gasteiger partial charge is 0.222 e. The number of hydrogen-bond acceptors (Lipinski definition) is 14. The molecule has 2 N–H and O–H groups in total. The van der Waals surface area contributed by atoms with Crippen molar-refractivity contribution in [2.45, 2.75) is 50.6 Å². The van der Waals surface area contributed by atoms with Crippen molar-refractivity contribution in [1.29, 1.82) is 0 Å². The molecular formula is C50H55ClN10O7S. The standard InChI is InChI=1S/C50H55ClN10O7S/c1-6-52-45(62)29-41-49-58-56-31(2)60(49)44-18-14-37(65-5)28-40(44)48(54-41)34-9-15-38(16-10-34)69-26-25-68-24-23-67-22-21-66-20-19-53-46(63)30-42-50-59-57-32(3)61(50)43-17-13-36(64-4)27-39(43)47(55-42)33-7-11-35(51)12-8-33/h7-18,27-28,41-42H,6,19-26,29-30H2,1-5H3,(H,52,62)(H,53,63). The molecule has 2 aliphatic heterocycles. The minimum atomic E-state index is -0.604. The largest absolute Gasteiger partial charge is 0.497 e. The summed E-state index contributed by atoms with van der Waals surface area (Å²) in [5.41, 5.74) is 6.62. The number of thioether (sulfide) groups is 1. The number of fused-ring (bicyclic) bond motifs is 6. The van der Waals surface area contributed by atoms with Gasteiger partial charge in [-0.15, -0.1) is 32.2 Å². The Kier molecular flexibility index (Phi) is 16.5. The first-order valence-electron chi connectivity index (χ1n) is 22.8. The van der Waals surface area contributed by atoms with Crippen LogP contribution in [-0.4, -0.2) is 125 Å². The van der Waals surface area contributed by atoms with Gasteiger partial charge in [-0.25, -0.2) is 0 Å². The molecule has 0 saturated carbocycles. The SMILES string of the molecule is CCNC(=O)CC1N=C(c2ccc(SCCOCCOCCOCCNC(=O)CC3N=C(c4ccc(Cl)cc4)c4cc(OC)ccc4-n4c(C)nnc43)cc2)c2cc(OC)ccc2-n2c(C)nnc21. The van der Waals surface area contributed by atoms with Gasteiger partial charge in [0.25, 0.3) is 0 Å². The maximum atomic E-state index is 13.3. The number of hydrogen-bond donors (Lipinski definition) is 2. The van der Waals surface area contributed by atoms with Crippen LogP contribution in [-0.2, 0) is 23.8 Å². The molecule has 2 unspecified atom stereocenters. The van der Waals surface area contributed by atoms with Crippen molar-refractivity contribution in [3.8, 4) is 22.9 Å². The molecule has 17 nitrogen and oxygen atoms in total. The summed E-state index contributed by atoms with van der Waals surface area (Å²) in [7, 11) is 3.26. The lowest BCUT2D eigenvalue weighted by Crippen LogP contribution is -2.29. The van der Waals surface area contributed by atoms with E-state index in [1.165, 1.54) is 0 Å². The Balaban J connectivity index is 0.752. The molecular weight excluding hydrogens is 920 g/mol. The van der Waals surface area contributed by atoms with E-state index in [9.17, 15) is 9.59 Å². The maximum Gasteiger partial charge on any atom is 0.222 e. The number of carbonyl (C=O) groups is 2. The first kappa shape index (κ1) is 49.0.